The molecule has 1 aromatic carbocycles. The molecule has 7 heteroatoms. The van der Waals surface area contributed by atoms with Crippen LogP contribution in [0.5, 0.6) is 11.5 Å². The van der Waals surface area contributed by atoms with Crippen LogP contribution in [0.25, 0.3) is 0 Å². The van der Waals surface area contributed by atoms with Gasteiger partial charge in [-0.1, -0.05) is 12.8 Å². The fourth-order valence-electron chi connectivity index (χ4n) is 1.54. The molecule has 20 heavy (non-hydrogen) atoms. The van der Waals surface area contributed by atoms with Gasteiger partial charge >= 0.3 is 6.36 Å². The van der Waals surface area contributed by atoms with Crippen molar-refractivity contribution in [3.8, 4) is 11.5 Å². The second kappa shape index (κ2) is 8.67. The first kappa shape index (κ1) is 17.5. The van der Waals surface area contributed by atoms with E-state index in [1.165, 1.54) is 18.2 Å². The van der Waals surface area contributed by atoms with Gasteiger partial charge in [0, 0.05) is 0 Å². The summed E-state index contributed by atoms with van der Waals surface area (Å²) in [4.78, 5) is 0. The van der Waals surface area contributed by atoms with Gasteiger partial charge in [0.1, 0.15) is 11.5 Å². The number of alkyl halides is 3. The van der Waals surface area contributed by atoms with Crippen molar-refractivity contribution in [1.82, 2.24) is 0 Å². The number of ether oxygens (including phenoxy) is 2. The van der Waals surface area contributed by atoms with E-state index in [1.54, 1.807) is 0 Å². The van der Waals surface area contributed by atoms with E-state index in [4.69, 9.17) is 4.74 Å². The lowest BCUT2D eigenvalue weighted by molar-refractivity contribution is -0.274. The van der Waals surface area contributed by atoms with Gasteiger partial charge in [-0.15, -0.1) is 13.2 Å². The van der Waals surface area contributed by atoms with Crippen molar-refractivity contribution in [2.45, 2.75) is 32.0 Å². The summed E-state index contributed by atoms with van der Waals surface area (Å²) in [5.74, 6) is 1.12. The smallest absolute Gasteiger partial charge is 0.494 e. The molecule has 0 aliphatic heterocycles. The Morgan fingerprint density at radius 2 is 1.80 bits per heavy atom. The monoisotopic (exact) mass is 372 g/mol. The van der Waals surface area contributed by atoms with Crippen LogP contribution >= 0.6 is 28.6 Å². The van der Waals surface area contributed by atoms with Crippen LogP contribution in [0.15, 0.2) is 22.7 Å². The van der Waals surface area contributed by atoms with E-state index in [1.807, 2.05) is 0 Å². The molecule has 0 amide bonds. The SMILES string of the molecule is FC(F)(F)Oc1ccc(OCCCCCCS)cc1Br. The number of rotatable bonds is 8. The molecule has 1 aromatic rings. The van der Waals surface area contributed by atoms with Crippen LogP contribution in [0.4, 0.5) is 13.2 Å². The highest BCUT2D eigenvalue weighted by molar-refractivity contribution is 9.10. The lowest BCUT2D eigenvalue weighted by Gasteiger charge is -2.12. The first-order valence-corrected chi connectivity index (χ1v) is 7.64. The van der Waals surface area contributed by atoms with Crippen molar-refractivity contribution in [3.63, 3.8) is 0 Å². The maximum absolute atomic E-state index is 12.1. The van der Waals surface area contributed by atoms with Crippen molar-refractivity contribution in [2.75, 3.05) is 12.4 Å². The largest absolute Gasteiger partial charge is 0.573 e. The minimum absolute atomic E-state index is 0.211. The molecule has 114 valence electrons. The van der Waals surface area contributed by atoms with Crippen molar-refractivity contribution in [1.29, 1.82) is 0 Å². The molecule has 0 N–H and O–H groups in total. The Balaban J connectivity index is 2.39. The Labute approximate surface area is 130 Å². The summed E-state index contributed by atoms with van der Waals surface area (Å²) >= 11 is 7.15. The third-order valence-corrected chi connectivity index (χ3v) is 3.39. The molecule has 0 bridgehead atoms. The van der Waals surface area contributed by atoms with Gasteiger partial charge in [-0.05, 0) is 52.7 Å². The molecular formula is C13H16BrF3O2S. The number of hydrogen-bond donors (Lipinski definition) is 1. The fraction of sp³-hybridized carbons (Fsp3) is 0.538. The average Bonchev–Trinajstić information content (AvgIpc) is 2.35. The van der Waals surface area contributed by atoms with Crippen molar-refractivity contribution in [3.05, 3.63) is 22.7 Å². The van der Waals surface area contributed by atoms with Gasteiger partial charge in [0.05, 0.1) is 11.1 Å². The summed E-state index contributed by atoms with van der Waals surface area (Å²) in [5, 5.41) is 0. The Morgan fingerprint density at radius 3 is 2.40 bits per heavy atom. The van der Waals surface area contributed by atoms with E-state index in [-0.39, 0.29) is 10.2 Å². The molecule has 0 saturated carbocycles. The third-order valence-electron chi connectivity index (χ3n) is 2.45. The molecule has 0 atom stereocenters. The van der Waals surface area contributed by atoms with E-state index in [9.17, 15) is 13.2 Å². The number of benzene rings is 1. The van der Waals surface area contributed by atoms with Crippen LogP contribution < -0.4 is 9.47 Å². The Hall–Kier alpha value is -0.560. The highest BCUT2D eigenvalue weighted by Gasteiger charge is 2.31. The molecule has 0 saturated heterocycles. The molecule has 2 nitrogen and oxygen atoms in total. The zero-order chi connectivity index (χ0) is 15.0. The van der Waals surface area contributed by atoms with Crippen molar-refractivity contribution < 1.29 is 22.6 Å². The molecule has 1 rings (SSSR count). The molecule has 0 aliphatic rings. The third kappa shape index (κ3) is 7.28. The fourth-order valence-corrected chi connectivity index (χ4v) is 2.20. The van der Waals surface area contributed by atoms with Crippen LogP contribution in [-0.4, -0.2) is 18.7 Å². The van der Waals surface area contributed by atoms with E-state index >= 15 is 0 Å². The number of unbranched alkanes of at least 4 members (excludes halogenated alkanes) is 3. The highest BCUT2D eigenvalue weighted by atomic mass is 79.9. The Kier molecular flexibility index (Phi) is 7.58. The van der Waals surface area contributed by atoms with Gasteiger partial charge in [-0.2, -0.15) is 12.6 Å². The maximum Gasteiger partial charge on any atom is 0.573 e. The predicted octanol–water partition coefficient (Wildman–Crippen LogP) is 5.22. The Morgan fingerprint density at radius 1 is 1.10 bits per heavy atom. The van der Waals surface area contributed by atoms with Crippen LogP contribution in [0, 0.1) is 0 Å². The van der Waals surface area contributed by atoms with E-state index in [2.05, 4.69) is 33.3 Å². The molecule has 0 unspecified atom stereocenters. The summed E-state index contributed by atoms with van der Waals surface area (Å²) in [5.41, 5.74) is 0. The minimum atomic E-state index is -4.70. The highest BCUT2D eigenvalue weighted by Crippen LogP contribution is 2.33. The van der Waals surface area contributed by atoms with Crippen LogP contribution in [0.3, 0.4) is 0 Å². The summed E-state index contributed by atoms with van der Waals surface area (Å²) in [6, 6.07) is 4.15. The quantitative estimate of drug-likeness (QED) is 0.498. The Bertz CT molecular complexity index is 413. The normalized spacial score (nSPS) is 11.4. The predicted molar refractivity (Wildman–Crippen MR) is 78.6 cm³/mol. The van der Waals surface area contributed by atoms with Gasteiger partial charge < -0.3 is 9.47 Å². The second-order valence-electron chi connectivity index (χ2n) is 4.13. The first-order valence-electron chi connectivity index (χ1n) is 6.21. The topological polar surface area (TPSA) is 18.5 Å². The van der Waals surface area contributed by atoms with Crippen LogP contribution in [-0.2, 0) is 0 Å². The van der Waals surface area contributed by atoms with Gasteiger partial charge in [0.2, 0.25) is 0 Å². The number of hydrogen-bond acceptors (Lipinski definition) is 3. The zero-order valence-electron chi connectivity index (χ0n) is 10.8. The number of halogens is 4. The van der Waals surface area contributed by atoms with Gasteiger partial charge in [-0.3, -0.25) is 0 Å². The first-order chi connectivity index (χ1) is 9.42. The minimum Gasteiger partial charge on any atom is -0.494 e. The number of thiol groups is 1. The van der Waals surface area contributed by atoms with Crippen molar-refractivity contribution in [2.24, 2.45) is 0 Å². The molecule has 0 fully saturated rings. The summed E-state index contributed by atoms with van der Waals surface area (Å²) in [6.45, 7) is 0.540. The molecule has 0 heterocycles. The molecule has 0 aromatic heterocycles. The van der Waals surface area contributed by atoms with E-state index in [0.29, 0.717) is 12.4 Å². The van der Waals surface area contributed by atoms with Gasteiger partial charge in [0.25, 0.3) is 0 Å². The maximum atomic E-state index is 12.1. The van der Waals surface area contributed by atoms with E-state index < -0.39 is 6.36 Å². The average molecular weight is 373 g/mol. The lowest BCUT2D eigenvalue weighted by atomic mass is 10.2. The summed E-state index contributed by atoms with van der Waals surface area (Å²) in [6.07, 6.45) is -0.547. The summed E-state index contributed by atoms with van der Waals surface area (Å²) < 4.78 is 45.8. The molecule has 0 spiro atoms. The molecule has 0 radical (unpaired) electrons. The van der Waals surface area contributed by atoms with Crippen LogP contribution in [0.2, 0.25) is 0 Å². The van der Waals surface area contributed by atoms with E-state index in [0.717, 1.165) is 31.4 Å². The molecular weight excluding hydrogens is 357 g/mol. The van der Waals surface area contributed by atoms with Gasteiger partial charge in [0.15, 0.2) is 0 Å². The van der Waals surface area contributed by atoms with Gasteiger partial charge in [-0.25, -0.2) is 0 Å². The lowest BCUT2D eigenvalue weighted by Crippen LogP contribution is -2.17. The zero-order valence-corrected chi connectivity index (χ0v) is 13.2. The summed E-state index contributed by atoms with van der Waals surface area (Å²) in [7, 11) is 0. The molecule has 0 aliphatic carbocycles. The standard InChI is InChI=1S/C13H16BrF3O2S/c14-11-9-10(18-7-3-1-2-4-8-20)5-6-12(11)19-13(15,16)17/h5-6,9,20H,1-4,7-8H2. The second-order valence-corrected chi connectivity index (χ2v) is 5.43. The van der Waals surface area contributed by atoms with Crippen LogP contribution in [0.1, 0.15) is 25.7 Å². The van der Waals surface area contributed by atoms with Crippen molar-refractivity contribution >= 4 is 28.6 Å².